The summed E-state index contributed by atoms with van der Waals surface area (Å²) >= 11 is 0. The van der Waals surface area contributed by atoms with Crippen LogP contribution in [0.2, 0.25) is 0 Å². The van der Waals surface area contributed by atoms with Gasteiger partial charge in [0.2, 0.25) is 11.8 Å². The Kier molecular flexibility index (Phi) is 1.70. The van der Waals surface area contributed by atoms with E-state index < -0.39 is 22.9 Å². The summed E-state index contributed by atoms with van der Waals surface area (Å²) in [7, 11) is 0. The molecule has 7 heteroatoms. The summed E-state index contributed by atoms with van der Waals surface area (Å²) in [6.07, 6.45) is 0. The van der Waals surface area contributed by atoms with Crippen LogP contribution in [0, 0.1) is 0 Å². The lowest BCUT2D eigenvalue weighted by Gasteiger charge is -1.97. The number of H-pyrrole nitrogens is 1. The molecule has 0 fully saturated rings. The van der Waals surface area contributed by atoms with E-state index in [1.54, 1.807) is 0 Å². The molecule has 1 amide bonds. The number of anilines is 1. The van der Waals surface area contributed by atoms with Crippen molar-refractivity contribution in [2.24, 2.45) is 5.73 Å². The van der Waals surface area contributed by atoms with E-state index in [1.165, 1.54) is 0 Å². The number of aromatic hydroxyl groups is 1. The van der Waals surface area contributed by atoms with E-state index in [9.17, 15) is 9.59 Å². The molecule has 0 spiro atoms. The summed E-state index contributed by atoms with van der Waals surface area (Å²) in [6, 6.07) is 0. The predicted molar refractivity (Wildman–Crippen MR) is 39.5 cm³/mol. The first-order valence-electron chi connectivity index (χ1n) is 2.91. The van der Waals surface area contributed by atoms with Crippen molar-refractivity contribution in [1.29, 1.82) is 0 Å². The van der Waals surface area contributed by atoms with Crippen LogP contribution in [0.25, 0.3) is 0 Å². The Bertz CT molecular complexity index is 383. The lowest BCUT2D eigenvalue weighted by atomic mass is 10.3. The van der Waals surface area contributed by atoms with Gasteiger partial charge in [-0.15, -0.1) is 0 Å². The Morgan fingerprint density at radius 3 is 2.58 bits per heavy atom. The van der Waals surface area contributed by atoms with Crippen molar-refractivity contribution in [3.63, 3.8) is 0 Å². The van der Waals surface area contributed by atoms with Gasteiger partial charge in [-0.05, 0) is 0 Å². The third-order valence-corrected chi connectivity index (χ3v) is 1.17. The first-order chi connectivity index (χ1) is 5.52. The number of amides is 1. The Hall–Kier alpha value is -2.05. The second kappa shape index (κ2) is 2.53. The molecule has 6 N–H and O–H groups in total. The van der Waals surface area contributed by atoms with E-state index in [1.807, 2.05) is 4.98 Å². The van der Waals surface area contributed by atoms with Gasteiger partial charge in [0.25, 0.3) is 11.5 Å². The van der Waals surface area contributed by atoms with Gasteiger partial charge in [0, 0.05) is 0 Å². The van der Waals surface area contributed by atoms with Crippen molar-refractivity contribution >= 4 is 11.9 Å². The summed E-state index contributed by atoms with van der Waals surface area (Å²) < 4.78 is 0. The molecule has 12 heavy (non-hydrogen) atoms. The number of nitrogens with two attached hydrogens (primary N) is 2. The van der Waals surface area contributed by atoms with Crippen LogP contribution in [0.4, 0.5) is 5.95 Å². The fourth-order valence-electron chi connectivity index (χ4n) is 0.700. The van der Waals surface area contributed by atoms with Crippen LogP contribution in [0.1, 0.15) is 10.4 Å². The van der Waals surface area contributed by atoms with E-state index in [-0.39, 0.29) is 5.95 Å². The number of hydrogen-bond donors (Lipinski definition) is 4. The molecule has 0 aliphatic carbocycles. The van der Waals surface area contributed by atoms with Crippen molar-refractivity contribution in [3.8, 4) is 5.88 Å². The molecule has 0 bridgehead atoms. The molecule has 0 aliphatic rings. The first-order valence-corrected chi connectivity index (χ1v) is 2.91. The molecule has 0 aliphatic heterocycles. The number of aromatic nitrogens is 2. The summed E-state index contributed by atoms with van der Waals surface area (Å²) in [6.45, 7) is 0. The number of hydrogen-bond acceptors (Lipinski definition) is 5. The second-order valence-corrected chi connectivity index (χ2v) is 2.01. The zero-order chi connectivity index (χ0) is 9.30. The van der Waals surface area contributed by atoms with Crippen molar-refractivity contribution in [2.75, 3.05) is 5.73 Å². The van der Waals surface area contributed by atoms with Gasteiger partial charge in [-0.2, -0.15) is 4.98 Å². The van der Waals surface area contributed by atoms with E-state index in [4.69, 9.17) is 16.6 Å². The number of nitrogens with one attached hydrogen (secondary N) is 1. The van der Waals surface area contributed by atoms with E-state index in [0.29, 0.717) is 0 Å². The van der Waals surface area contributed by atoms with Crippen LogP contribution >= 0.6 is 0 Å². The third-order valence-electron chi connectivity index (χ3n) is 1.17. The van der Waals surface area contributed by atoms with Crippen molar-refractivity contribution in [1.82, 2.24) is 9.97 Å². The van der Waals surface area contributed by atoms with Crippen LogP contribution in [0.15, 0.2) is 4.79 Å². The lowest BCUT2D eigenvalue weighted by Crippen LogP contribution is -2.25. The molecule has 0 saturated heterocycles. The Morgan fingerprint density at radius 1 is 1.58 bits per heavy atom. The normalized spacial score (nSPS) is 9.67. The molecule has 1 aromatic rings. The maximum atomic E-state index is 10.9. The van der Waals surface area contributed by atoms with Crippen molar-refractivity contribution in [2.45, 2.75) is 0 Å². The molecule has 0 aromatic carbocycles. The fraction of sp³-hybridized carbons (Fsp3) is 0. The number of nitrogen functional groups attached to an aromatic ring is 1. The summed E-state index contributed by atoms with van der Waals surface area (Å²) in [5.41, 5.74) is 8.37. The molecular formula is C5H6N4O3. The summed E-state index contributed by atoms with van der Waals surface area (Å²) in [4.78, 5) is 26.6. The number of carbonyl (C=O) groups is 1. The minimum absolute atomic E-state index is 0.275. The minimum atomic E-state index is -1.05. The number of rotatable bonds is 1. The zero-order valence-corrected chi connectivity index (χ0v) is 5.87. The minimum Gasteiger partial charge on any atom is -0.492 e. The number of carbonyl (C=O) groups excluding carboxylic acids is 1. The molecule has 0 saturated carbocycles. The van der Waals surface area contributed by atoms with E-state index in [0.717, 1.165) is 0 Å². The van der Waals surface area contributed by atoms with Gasteiger partial charge in [-0.1, -0.05) is 0 Å². The summed E-state index contributed by atoms with van der Waals surface area (Å²) in [5, 5.41) is 8.93. The fourth-order valence-corrected chi connectivity index (χ4v) is 0.700. The number of nitrogens with zero attached hydrogens (tertiary/aromatic N) is 1. The molecule has 1 heterocycles. The third kappa shape index (κ3) is 1.19. The van der Waals surface area contributed by atoms with Gasteiger partial charge in [-0.25, -0.2) is 0 Å². The average molecular weight is 170 g/mol. The van der Waals surface area contributed by atoms with Gasteiger partial charge in [0.1, 0.15) is 0 Å². The first kappa shape index (κ1) is 8.05. The Balaban J connectivity index is 3.49. The smallest absolute Gasteiger partial charge is 0.269 e. The van der Waals surface area contributed by atoms with Crippen LogP contribution in [-0.2, 0) is 0 Å². The van der Waals surface area contributed by atoms with Gasteiger partial charge < -0.3 is 16.6 Å². The average Bonchev–Trinajstić information content (AvgIpc) is 1.82. The highest BCUT2D eigenvalue weighted by Gasteiger charge is 2.14. The van der Waals surface area contributed by atoms with Crippen LogP contribution in [-0.4, -0.2) is 21.0 Å². The Labute approximate surface area is 66.0 Å². The van der Waals surface area contributed by atoms with Crippen molar-refractivity contribution < 1.29 is 9.90 Å². The molecular weight excluding hydrogens is 164 g/mol. The van der Waals surface area contributed by atoms with Crippen molar-refractivity contribution in [3.05, 3.63) is 15.9 Å². The maximum Gasteiger partial charge on any atom is 0.269 e. The van der Waals surface area contributed by atoms with Gasteiger partial charge >= 0.3 is 0 Å². The molecule has 1 rings (SSSR count). The highest BCUT2D eigenvalue weighted by Crippen LogP contribution is 2.07. The van der Waals surface area contributed by atoms with Gasteiger partial charge in [-0.3, -0.25) is 14.6 Å². The standard InChI is InChI=1S/C5H6N4O3/c6-2(10)1-3(11)8-5(7)9-4(1)12/h(H2,6,10)(H4,7,8,9,11,12). The highest BCUT2D eigenvalue weighted by molar-refractivity contribution is 5.94. The molecule has 7 nitrogen and oxygen atoms in total. The number of primary amides is 1. The Morgan fingerprint density at radius 2 is 2.17 bits per heavy atom. The SMILES string of the molecule is NC(=O)c1c(O)nc(N)[nH]c1=O. The molecule has 64 valence electrons. The van der Waals surface area contributed by atoms with Crippen LogP contribution in [0.5, 0.6) is 5.88 Å². The molecule has 0 radical (unpaired) electrons. The number of aromatic amines is 1. The molecule has 0 unspecified atom stereocenters. The lowest BCUT2D eigenvalue weighted by molar-refractivity contribution is 0.0995. The van der Waals surface area contributed by atoms with Crippen LogP contribution in [0.3, 0.4) is 0 Å². The topological polar surface area (TPSA) is 135 Å². The predicted octanol–water partition coefficient (Wildman–Crippen LogP) is -1.84. The molecule has 1 aromatic heterocycles. The second-order valence-electron chi connectivity index (χ2n) is 2.01. The zero-order valence-electron chi connectivity index (χ0n) is 5.87. The quantitative estimate of drug-likeness (QED) is 0.392. The highest BCUT2D eigenvalue weighted by atomic mass is 16.3. The monoisotopic (exact) mass is 170 g/mol. The van der Waals surface area contributed by atoms with E-state index in [2.05, 4.69) is 4.98 Å². The summed E-state index contributed by atoms with van der Waals surface area (Å²) in [5.74, 6) is -2.09. The van der Waals surface area contributed by atoms with Gasteiger partial charge in [0.15, 0.2) is 5.56 Å². The maximum absolute atomic E-state index is 10.9. The molecule has 0 atom stereocenters. The van der Waals surface area contributed by atoms with Gasteiger partial charge in [0.05, 0.1) is 0 Å². The largest absolute Gasteiger partial charge is 0.492 e. The van der Waals surface area contributed by atoms with E-state index >= 15 is 0 Å². The van der Waals surface area contributed by atoms with Crippen LogP contribution < -0.4 is 17.0 Å².